The van der Waals surface area contributed by atoms with Crippen LogP contribution in [0.3, 0.4) is 0 Å². The van der Waals surface area contributed by atoms with Crippen LogP contribution >= 0.6 is 11.6 Å². The van der Waals surface area contributed by atoms with Crippen molar-refractivity contribution in [2.75, 3.05) is 30.3 Å². The van der Waals surface area contributed by atoms with Crippen molar-refractivity contribution >= 4 is 34.8 Å². The van der Waals surface area contributed by atoms with E-state index in [2.05, 4.69) is 10.6 Å². The quantitative estimate of drug-likeness (QED) is 0.801. The van der Waals surface area contributed by atoms with E-state index in [0.717, 1.165) is 31.6 Å². The number of hydrogen-bond donors (Lipinski definition) is 2. The molecule has 0 unspecified atom stereocenters. The van der Waals surface area contributed by atoms with Crippen molar-refractivity contribution in [2.24, 2.45) is 0 Å². The molecule has 0 aliphatic carbocycles. The first kappa shape index (κ1) is 19.2. The Bertz CT molecular complexity index is 767. The standard InChI is InChI=1S/C21H24ClN3O2/c22-17-7-11-19(12-8-17)24-20(26)15-23-18-9-5-16(6-10-18)21(27)25-13-3-1-2-4-14-25/h5-12,23H,1-4,13-15H2,(H,24,26). The second-order valence-corrected chi connectivity index (χ2v) is 7.13. The highest BCUT2D eigenvalue weighted by Crippen LogP contribution is 2.16. The smallest absolute Gasteiger partial charge is 0.253 e. The van der Waals surface area contributed by atoms with Crippen LogP contribution in [0.1, 0.15) is 36.0 Å². The summed E-state index contributed by atoms with van der Waals surface area (Å²) in [5.41, 5.74) is 2.19. The van der Waals surface area contributed by atoms with Gasteiger partial charge in [-0.1, -0.05) is 24.4 Å². The molecule has 1 saturated heterocycles. The summed E-state index contributed by atoms with van der Waals surface area (Å²) in [4.78, 5) is 26.5. The zero-order chi connectivity index (χ0) is 19.1. The molecule has 1 heterocycles. The monoisotopic (exact) mass is 385 g/mol. The van der Waals surface area contributed by atoms with Gasteiger partial charge in [-0.15, -0.1) is 0 Å². The van der Waals surface area contributed by atoms with Crippen LogP contribution in [0.15, 0.2) is 48.5 Å². The van der Waals surface area contributed by atoms with Crippen molar-refractivity contribution in [3.8, 4) is 0 Å². The normalized spacial score (nSPS) is 14.3. The van der Waals surface area contributed by atoms with Crippen molar-refractivity contribution in [3.63, 3.8) is 0 Å². The topological polar surface area (TPSA) is 61.4 Å². The number of carbonyl (C=O) groups excluding carboxylic acids is 2. The third kappa shape index (κ3) is 5.73. The predicted octanol–water partition coefficient (Wildman–Crippen LogP) is 4.41. The number of amides is 2. The van der Waals surface area contributed by atoms with Gasteiger partial charge in [0, 0.05) is 35.1 Å². The lowest BCUT2D eigenvalue weighted by Crippen LogP contribution is -2.31. The summed E-state index contributed by atoms with van der Waals surface area (Å²) in [5, 5.41) is 6.49. The first-order valence-electron chi connectivity index (χ1n) is 9.30. The average molecular weight is 386 g/mol. The third-order valence-electron chi connectivity index (χ3n) is 4.61. The molecule has 2 aromatic rings. The zero-order valence-electron chi connectivity index (χ0n) is 15.2. The second kappa shape index (κ2) is 9.42. The highest BCUT2D eigenvalue weighted by molar-refractivity contribution is 6.30. The Morgan fingerprint density at radius 2 is 1.44 bits per heavy atom. The number of nitrogens with zero attached hydrogens (tertiary/aromatic N) is 1. The molecule has 0 spiro atoms. The van der Waals surface area contributed by atoms with E-state index >= 15 is 0 Å². The van der Waals surface area contributed by atoms with Crippen molar-refractivity contribution < 1.29 is 9.59 Å². The van der Waals surface area contributed by atoms with Crippen LogP contribution < -0.4 is 10.6 Å². The summed E-state index contributed by atoms with van der Waals surface area (Å²) in [7, 11) is 0. The van der Waals surface area contributed by atoms with Gasteiger partial charge in [-0.05, 0) is 61.4 Å². The molecule has 3 rings (SSSR count). The Hall–Kier alpha value is -2.53. The number of carbonyl (C=O) groups is 2. The Labute approximate surface area is 164 Å². The fourth-order valence-corrected chi connectivity index (χ4v) is 3.23. The first-order chi connectivity index (χ1) is 13.1. The zero-order valence-corrected chi connectivity index (χ0v) is 16.0. The number of halogens is 1. The number of hydrogen-bond acceptors (Lipinski definition) is 3. The molecular formula is C21H24ClN3O2. The van der Waals surface area contributed by atoms with Gasteiger partial charge in [0.15, 0.2) is 0 Å². The van der Waals surface area contributed by atoms with Gasteiger partial charge >= 0.3 is 0 Å². The fourth-order valence-electron chi connectivity index (χ4n) is 3.11. The van der Waals surface area contributed by atoms with Crippen molar-refractivity contribution in [1.29, 1.82) is 0 Å². The lowest BCUT2D eigenvalue weighted by molar-refractivity contribution is -0.114. The molecule has 2 aromatic carbocycles. The Balaban J connectivity index is 1.50. The SMILES string of the molecule is O=C(CNc1ccc(C(=O)N2CCCCCC2)cc1)Nc1ccc(Cl)cc1. The summed E-state index contributed by atoms with van der Waals surface area (Å²) in [6.07, 6.45) is 4.55. The molecule has 0 radical (unpaired) electrons. The highest BCUT2D eigenvalue weighted by Gasteiger charge is 2.17. The molecule has 6 heteroatoms. The van der Waals surface area contributed by atoms with Gasteiger partial charge in [-0.25, -0.2) is 0 Å². The summed E-state index contributed by atoms with van der Waals surface area (Å²) < 4.78 is 0. The molecule has 142 valence electrons. The fraction of sp³-hybridized carbons (Fsp3) is 0.333. The van der Waals surface area contributed by atoms with E-state index in [-0.39, 0.29) is 18.4 Å². The molecule has 1 aliphatic heterocycles. The van der Waals surface area contributed by atoms with Gasteiger partial charge in [-0.2, -0.15) is 0 Å². The van der Waals surface area contributed by atoms with E-state index in [1.54, 1.807) is 24.3 Å². The minimum atomic E-state index is -0.151. The Kier molecular flexibility index (Phi) is 6.71. The maximum Gasteiger partial charge on any atom is 0.253 e. The first-order valence-corrected chi connectivity index (χ1v) is 9.68. The molecule has 1 fully saturated rings. The predicted molar refractivity (Wildman–Crippen MR) is 109 cm³/mol. The lowest BCUT2D eigenvalue weighted by Gasteiger charge is -2.20. The van der Waals surface area contributed by atoms with Crippen LogP contribution in [0.4, 0.5) is 11.4 Å². The molecule has 0 bridgehead atoms. The second-order valence-electron chi connectivity index (χ2n) is 6.69. The van der Waals surface area contributed by atoms with Gasteiger partial charge in [0.2, 0.25) is 5.91 Å². The van der Waals surface area contributed by atoms with Crippen LogP contribution in [0.25, 0.3) is 0 Å². The van der Waals surface area contributed by atoms with Crippen molar-refractivity contribution in [1.82, 2.24) is 4.90 Å². The van der Waals surface area contributed by atoms with Gasteiger partial charge < -0.3 is 15.5 Å². The van der Waals surface area contributed by atoms with Gasteiger partial charge in [0.25, 0.3) is 5.91 Å². The number of benzene rings is 2. The Morgan fingerprint density at radius 1 is 0.852 bits per heavy atom. The van der Waals surface area contributed by atoms with Crippen LogP contribution in [-0.4, -0.2) is 36.3 Å². The molecule has 27 heavy (non-hydrogen) atoms. The molecule has 0 saturated carbocycles. The Morgan fingerprint density at radius 3 is 2.07 bits per heavy atom. The third-order valence-corrected chi connectivity index (χ3v) is 4.86. The van der Waals surface area contributed by atoms with E-state index in [1.807, 2.05) is 29.2 Å². The molecule has 2 N–H and O–H groups in total. The minimum Gasteiger partial charge on any atom is -0.376 e. The summed E-state index contributed by atoms with van der Waals surface area (Å²) >= 11 is 5.83. The van der Waals surface area contributed by atoms with E-state index in [9.17, 15) is 9.59 Å². The van der Waals surface area contributed by atoms with Crippen LogP contribution in [-0.2, 0) is 4.79 Å². The molecular weight excluding hydrogens is 362 g/mol. The number of anilines is 2. The number of rotatable bonds is 5. The van der Waals surface area contributed by atoms with Crippen LogP contribution in [0.5, 0.6) is 0 Å². The average Bonchev–Trinajstić information content (AvgIpc) is 2.97. The maximum atomic E-state index is 12.6. The van der Waals surface area contributed by atoms with Crippen LogP contribution in [0.2, 0.25) is 5.02 Å². The molecule has 0 atom stereocenters. The van der Waals surface area contributed by atoms with E-state index in [0.29, 0.717) is 16.3 Å². The van der Waals surface area contributed by atoms with Crippen LogP contribution in [0, 0.1) is 0 Å². The summed E-state index contributed by atoms with van der Waals surface area (Å²) in [5.74, 6) is -0.0639. The highest BCUT2D eigenvalue weighted by atomic mass is 35.5. The van der Waals surface area contributed by atoms with Gasteiger partial charge in [0.05, 0.1) is 6.54 Å². The van der Waals surface area contributed by atoms with Gasteiger partial charge in [-0.3, -0.25) is 9.59 Å². The molecule has 5 nitrogen and oxygen atoms in total. The van der Waals surface area contributed by atoms with E-state index in [1.165, 1.54) is 12.8 Å². The molecule has 0 aromatic heterocycles. The maximum absolute atomic E-state index is 12.6. The largest absolute Gasteiger partial charge is 0.376 e. The lowest BCUT2D eigenvalue weighted by atomic mass is 10.1. The molecule has 1 aliphatic rings. The molecule has 2 amide bonds. The minimum absolute atomic E-state index is 0.0870. The number of likely N-dealkylation sites (tertiary alicyclic amines) is 1. The van der Waals surface area contributed by atoms with Crippen molar-refractivity contribution in [3.05, 3.63) is 59.1 Å². The van der Waals surface area contributed by atoms with E-state index < -0.39 is 0 Å². The van der Waals surface area contributed by atoms with Crippen molar-refractivity contribution in [2.45, 2.75) is 25.7 Å². The van der Waals surface area contributed by atoms with E-state index in [4.69, 9.17) is 11.6 Å². The number of nitrogens with one attached hydrogen (secondary N) is 2. The summed E-state index contributed by atoms with van der Waals surface area (Å²) in [6.45, 7) is 1.81. The van der Waals surface area contributed by atoms with Gasteiger partial charge in [0.1, 0.15) is 0 Å². The summed E-state index contributed by atoms with van der Waals surface area (Å²) in [6, 6.07) is 14.3.